The summed E-state index contributed by atoms with van der Waals surface area (Å²) in [6.45, 7) is 8.37. The monoisotopic (exact) mass is 556 g/mol. The van der Waals surface area contributed by atoms with Crippen molar-refractivity contribution in [3.63, 3.8) is 0 Å². The van der Waals surface area contributed by atoms with Crippen LogP contribution >= 0.6 is 0 Å². The van der Waals surface area contributed by atoms with Gasteiger partial charge in [-0.25, -0.2) is 4.79 Å². The normalized spacial score (nSPS) is 16.8. The molecule has 0 bridgehead atoms. The van der Waals surface area contributed by atoms with E-state index >= 15 is 0 Å². The molecule has 4 aromatic rings. The molecule has 4 heterocycles. The van der Waals surface area contributed by atoms with Gasteiger partial charge in [0.2, 0.25) is 0 Å². The minimum absolute atomic E-state index is 0.0503. The Labute approximate surface area is 239 Å². The summed E-state index contributed by atoms with van der Waals surface area (Å²) in [6, 6.07) is 18.6. The Hall–Kier alpha value is -4.24. The molecule has 1 fully saturated rings. The number of nitrogens with one attached hydrogen (secondary N) is 2. The smallest absolute Gasteiger partial charge is 0.407 e. The number of piperidine rings is 1. The Morgan fingerprint density at radius 3 is 2.46 bits per heavy atom. The van der Waals surface area contributed by atoms with Crippen molar-refractivity contribution in [1.82, 2.24) is 20.4 Å². The van der Waals surface area contributed by atoms with Gasteiger partial charge in [-0.3, -0.25) is 10.00 Å². The van der Waals surface area contributed by atoms with Crippen LogP contribution in [0.25, 0.3) is 22.6 Å². The number of alkyl carbamates (subject to hydrolysis) is 1. The first kappa shape index (κ1) is 27.0. The number of ether oxygens (including phenoxy) is 3. The number of likely N-dealkylation sites (tertiary alicyclic amines) is 1. The zero-order valence-corrected chi connectivity index (χ0v) is 23.7. The van der Waals surface area contributed by atoms with Crippen LogP contribution in [0.5, 0.6) is 11.5 Å². The summed E-state index contributed by atoms with van der Waals surface area (Å²) in [5, 5.41) is 10.6. The average Bonchev–Trinajstić information content (AvgIpc) is 3.66. The van der Waals surface area contributed by atoms with Crippen molar-refractivity contribution < 1.29 is 23.4 Å². The third-order valence-electron chi connectivity index (χ3n) is 7.45. The van der Waals surface area contributed by atoms with E-state index in [9.17, 15) is 4.79 Å². The molecule has 1 atom stereocenters. The number of hydrogen-bond donors (Lipinski definition) is 2. The van der Waals surface area contributed by atoms with E-state index in [1.54, 1.807) is 6.26 Å². The molecule has 6 rings (SSSR count). The predicted molar refractivity (Wildman–Crippen MR) is 155 cm³/mol. The third-order valence-corrected chi connectivity index (χ3v) is 7.45. The van der Waals surface area contributed by atoms with Crippen molar-refractivity contribution in [2.24, 2.45) is 0 Å². The number of nitrogens with zero attached hydrogens (tertiary/aromatic N) is 2. The van der Waals surface area contributed by atoms with Gasteiger partial charge < -0.3 is 23.9 Å². The largest absolute Gasteiger partial charge is 0.486 e. The molecule has 2 aliphatic heterocycles. The lowest BCUT2D eigenvalue weighted by atomic mass is 9.92. The Bertz CT molecular complexity index is 1460. The van der Waals surface area contributed by atoms with Crippen LogP contribution in [0, 0.1) is 0 Å². The summed E-state index contributed by atoms with van der Waals surface area (Å²) in [6.07, 6.45) is 4.84. The average molecular weight is 557 g/mol. The summed E-state index contributed by atoms with van der Waals surface area (Å²) < 4.78 is 22.7. The molecule has 2 aromatic heterocycles. The van der Waals surface area contributed by atoms with Gasteiger partial charge in [-0.2, -0.15) is 5.10 Å². The van der Waals surface area contributed by atoms with Crippen molar-refractivity contribution in [2.45, 2.75) is 51.3 Å². The summed E-state index contributed by atoms with van der Waals surface area (Å²) in [4.78, 5) is 14.8. The number of H-pyrrole nitrogens is 1. The number of amides is 1. The summed E-state index contributed by atoms with van der Waals surface area (Å²) in [5.74, 6) is 2.31. The molecule has 9 heteroatoms. The maximum Gasteiger partial charge on any atom is 0.407 e. The molecule has 41 heavy (non-hydrogen) atoms. The molecule has 9 nitrogen and oxygen atoms in total. The second-order valence-electron chi connectivity index (χ2n) is 11.5. The van der Waals surface area contributed by atoms with Gasteiger partial charge in [-0.05, 0) is 74.6 Å². The van der Waals surface area contributed by atoms with Gasteiger partial charge in [0.1, 0.15) is 24.5 Å². The molecule has 1 unspecified atom stereocenters. The molecule has 214 valence electrons. The molecule has 0 spiro atoms. The van der Waals surface area contributed by atoms with Gasteiger partial charge in [0, 0.05) is 24.7 Å². The molecule has 0 aliphatic carbocycles. The number of carbonyl (C=O) groups is 1. The number of aromatic nitrogens is 2. The number of rotatable bonds is 6. The van der Waals surface area contributed by atoms with Gasteiger partial charge in [-0.1, -0.05) is 30.3 Å². The Balaban J connectivity index is 1.25. The minimum atomic E-state index is -0.522. The SMILES string of the molecule is CC(C)(C)OC(=O)NC1CCN(C(c2ccc(-c3ccc4c(c3)OCCO4)cc2)c2cn[nH]c2-c2ccco2)CC1. The predicted octanol–water partition coefficient (Wildman–Crippen LogP) is 6.19. The lowest BCUT2D eigenvalue weighted by Crippen LogP contribution is -2.47. The third kappa shape index (κ3) is 6.10. The van der Waals surface area contributed by atoms with Crippen LogP contribution < -0.4 is 14.8 Å². The fourth-order valence-electron chi connectivity index (χ4n) is 5.57. The quantitative estimate of drug-likeness (QED) is 0.292. The summed E-state index contributed by atoms with van der Waals surface area (Å²) in [5.41, 5.74) is 4.72. The van der Waals surface area contributed by atoms with Gasteiger partial charge >= 0.3 is 6.09 Å². The van der Waals surface area contributed by atoms with Crippen LogP contribution in [0.4, 0.5) is 4.79 Å². The molecule has 0 saturated carbocycles. The van der Waals surface area contributed by atoms with Crippen LogP contribution in [-0.4, -0.2) is 59.1 Å². The van der Waals surface area contributed by atoms with Gasteiger partial charge in [0.15, 0.2) is 17.3 Å². The van der Waals surface area contributed by atoms with Crippen molar-refractivity contribution >= 4 is 6.09 Å². The highest BCUT2D eigenvalue weighted by molar-refractivity contribution is 5.69. The molecule has 1 amide bonds. The van der Waals surface area contributed by atoms with Crippen molar-refractivity contribution in [3.05, 3.63) is 78.2 Å². The topological polar surface area (TPSA) is 102 Å². The number of hydrogen-bond acceptors (Lipinski definition) is 7. The first-order chi connectivity index (χ1) is 19.8. The first-order valence-electron chi connectivity index (χ1n) is 14.1. The van der Waals surface area contributed by atoms with Gasteiger partial charge in [0.25, 0.3) is 0 Å². The lowest BCUT2D eigenvalue weighted by molar-refractivity contribution is 0.0472. The van der Waals surface area contributed by atoms with Crippen LogP contribution in [0.1, 0.15) is 50.8 Å². The maximum atomic E-state index is 12.4. The van der Waals surface area contributed by atoms with E-state index in [0.29, 0.717) is 13.2 Å². The van der Waals surface area contributed by atoms with Crippen molar-refractivity contribution in [1.29, 1.82) is 0 Å². The van der Waals surface area contributed by atoms with Crippen LogP contribution in [0.3, 0.4) is 0 Å². The number of furan rings is 1. The van der Waals surface area contributed by atoms with E-state index in [1.807, 2.05) is 51.2 Å². The molecule has 2 N–H and O–H groups in total. The first-order valence-corrected chi connectivity index (χ1v) is 14.1. The number of carbonyl (C=O) groups excluding carboxylic acids is 1. The van der Waals surface area contributed by atoms with Crippen molar-refractivity contribution in [2.75, 3.05) is 26.3 Å². The molecular formula is C32H36N4O5. The molecule has 2 aliphatic rings. The zero-order chi connectivity index (χ0) is 28.4. The standard InChI is InChI=1S/C32H36N4O5/c1-32(2,3)41-31(37)34-24-12-14-36(15-13-24)30(25-20-33-35-29(25)27-5-4-16-38-27)22-8-6-21(7-9-22)23-10-11-26-28(19-23)40-18-17-39-26/h4-11,16,19-20,24,30H,12-15,17-18H2,1-3H3,(H,33,35)(H,34,37). The fraction of sp³-hybridized carbons (Fsp3) is 0.375. The summed E-state index contributed by atoms with van der Waals surface area (Å²) >= 11 is 0. The Morgan fingerprint density at radius 1 is 1.02 bits per heavy atom. The van der Waals surface area contributed by atoms with E-state index in [2.05, 4.69) is 50.7 Å². The van der Waals surface area contributed by atoms with E-state index < -0.39 is 5.60 Å². The Kier molecular flexibility index (Phi) is 7.45. The summed E-state index contributed by atoms with van der Waals surface area (Å²) in [7, 11) is 0. The van der Waals surface area contributed by atoms with Crippen LogP contribution in [0.15, 0.2) is 71.5 Å². The number of fused-ring (bicyclic) bond motifs is 1. The Morgan fingerprint density at radius 2 is 1.76 bits per heavy atom. The van der Waals surface area contributed by atoms with E-state index in [-0.39, 0.29) is 18.2 Å². The van der Waals surface area contributed by atoms with Crippen molar-refractivity contribution in [3.8, 4) is 34.1 Å². The van der Waals surface area contributed by atoms with E-state index in [1.165, 1.54) is 0 Å². The fourth-order valence-corrected chi connectivity index (χ4v) is 5.57. The lowest BCUT2D eigenvalue weighted by Gasteiger charge is -2.38. The molecule has 2 aromatic carbocycles. The second-order valence-corrected chi connectivity index (χ2v) is 11.5. The van der Waals surface area contributed by atoms with Crippen LogP contribution in [-0.2, 0) is 4.74 Å². The zero-order valence-electron chi connectivity index (χ0n) is 23.7. The van der Waals surface area contributed by atoms with Crippen LogP contribution in [0.2, 0.25) is 0 Å². The van der Waals surface area contributed by atoms with Gasteiger partial charge in [0.05, 0.1) is 18.5 Å². The highest BCUT2D eigenvalue weighted by Crippen LogP contribution is 2.38. The molecule has 0 radical (unpaired) electrons. The second kappa shape index (κ2) is 11.3. The maximum absolute atomic E-state index is 12.4. The molecular weight excluding hydrogens is 520 g/mol. The highest BCUT2D eigenvalue weighted by Gasteiger charge is 2.32. The minimum Gasteiger partial charge on any atom is -0.486 e. The van der Waals surface area contributed by atoms with E-state index in [0.717, 1.165) is 71.1 Å². The highest BCUT2D eigenvalue weighted by atomic mass is 16.6. The molecule has 1 saturated heterocycles. The van der Waals surface area contributed by atoms with Gasteiger partial charge in [-0.15, -0.1) is 0 Å². The number of benzene rings is 2. The van der Waals surface area contributed by atoms with E-state index in [4.69, 9.17) is 18.6 Å². The number of aromatic amines is 1.